The second-order valence-corrected chi connectivity index (χ2v) is 4.73. The van der Waals surface area contributed by atoms with E-state index in [0.29, 0.717) is 25.1 Å². The molecule has 1 aromatic heterocycles. The Bertz CT molecular complexity index is 539. The van der Waals surface area contributed by atoms with E-state index in [9.17, 15) is 14.4 Å². The summed E-state index contributed by atoms with van der Waals surface area (Å²) in [4.78, 5) is 36.6. The molecule has 8 heteroatoms. The second-order valence-electron chi connectivity index (χ2n) is 4.73. The lowest BCUT2D eigenvalue weighted by Gasteiger charge is -2.29. The molecule has 20 heavy (non-hydrogen) atoms. The highest BCUT2D eigenvalue weighted by molar-refractivity contribution is 6.16. The summed E-state index contributed by atoms with van der Waals surface area (Å²) in [6.07, 6.45) is 3.10. The minimum atomic E-state index is -0.766. The summed E-state index contributed by atoms with van der Waals surface area (Å²) >= 11 is 0. The second kappa shape index (κ2) is 5.81. The number of carbonyl (C=O) groups excluding carboxylic acids is 3. The fourth-order valence-electron chi connectivity index (χ4n) is 2.16. The van der Waals surface area contributed by atoms with Crippen LogP contribution in [-0.2, 0) is 23.1 Å². The van der Waals surface area contributed by atoms with Crippen molar-refractivity contribution in [2.24, 2.45) is 13.0 Å². The summed E-state index contributed by atoms with van der Waals surface area (Å²) in [5, 5.41) is 9.86. The number of nitrogens with one attached hydrogen (secondary N) is 1. The normalized spacial score (nSPS) is 19.4. The molecule has 0 saturated carbocycles. The molecule has 8 nitrogen and oxygen atoms in total. The van der Waals surface area contributed by atoms with Gasteiger partial charge in [-0.15, -0.1) is 10.2 Å². The van der Waals surface area contributed by atoms with Crippen molar-refractivity contribution in [1.29, 1.82) is 0 Å². The van der Waals surface area contributed by atoms with Gasteiger partial charge in [0, 0.05) is 20.0 Å². The van der Waals surface area contributed by atoms with Crippen molar-refractivity contribution in [2.75, 3.05) is 6.54 Å². The quantitative estimate of drug-likeness (QED) is 0.756. The molecule has 1 saturated heterocycles. The highest BCUT2D eigenvalue weighted by Gasteiger charge is 2.39. The fourth-order valence-corrected chi connectivity index (χ4v) is 2.16. The number of imide groups is 2. The van der Waals surface area contributed by atoms with Crippen molar-refractivity contribution in [3.63, 3.8) is 0 Å². The molecule has 0 aromatic carbocycles. The van der Waals surface area contributed by atoms with Crippen LogP contribution in [0.2, 0.25) is 0 Å². The van der Waals surface area contributed by atoms with Crippen LogP contribution in [-0.4, -0.2) is 44.1 Å². The lowest BCUT2D eigenvalue weighted by atomic mass is 9.99. The smallest absolute Gasteiger partial charge is 0.321 e. The van der Waals surface area contributed by atoms with E-state index in [2.05, 4.69) is 15.5 Å². The Morgan fingerprint density at radius 2 is 2.10 bits per heavy atom. The average molecular weight is 279 g/mol. The first kappa shape index (κ1) is 14.2. The lowest BCUT2D eigenvalue weighted by Crippen LogP contribution is -2.58. The van der Waals surface area contributed by atoms with Gasteiger partial charge in [0.15, 0.2) is 0 Å². The lowest BCUT2D eigenvalue weighted by molar-refractivity contribution is -0.142. The Labute approximate surface area is 116 Å². The first-order chi connectivity index (χ1) is 9.54. The Hall–Kier alpha value is -2.25. The van der Waals surface area contributed by atoms with Gasteiger partial charge in [-0.25, -0.2) is 4.79 Å². The van der Waals surface area contributed by atoms with Gasteiger partial charge in [0.25, 0.3) is 0 Å². The molecule has 2 rings (SSSR count). The Morgan fingerprint density at radius 1 is 1.35 bits per heavy atom. The zero-order valence-corrected chi connectivity index (χ0v) is 11.5. The number of rotatable bonds is 5. The number of aromatic nitrogens is 3. The number of barbiturate groups is 1. The Morgan fingerprint density at radius 3 is 2.70 bits per heavy atom. The molecule has 1 unspecified atom stereocenters. The number of hydrogen-bond donors (Lipinski definition) is 1. The molecule has 1 fully saturated rings. The topological polar surface area (TPSA) is 97.2 Å². The molecular formula is C12H17N5O3. The maximum Gasteiger partial charge on any atom is 0.330 e. The van der Waals surface area contributed by atoms with Gasteiger partial charge in [-0.1, -0.05) is 13.3 Å². The largest absolute Gasteiger partial charge is 0.330 e. The third kappa shape index (κ3) is 2.68. The van der Waals surface area contributed by atoms with Gasteiger partial charge in [0.05, 0.1) is 0 Å². The van der Waals surface area contributed by atoms with Crippen LogP contribution in [0.4, 0.5) is 4.79 Å². The molecule has 0 radical (unpaired) electrons. The van der Waals surface area contributed by atoms with Crippen LogP contribution in [0.3, 0.4) is 0 Å². The summed E-state index contributed by atoms with van der Waals surface area (Å²) in [6.45, 7) is 2.07. The molecule has 0 aliphatic carbocycles. The molecule has 0 bridgehead atoms. The molecule has 4 amide bonds. The number of carbonyl (C=O) groups is 3. The van der Waals surface area contributed by atoms with Crippen LogP contribution in [0.5, 0.6) is 0 Å². The molecule has 1 aliphatic heterocycles. The van der Waals surface area contributed by atoms with Gasteiger partial charge < -0.3 is 4.57 Å². The summed E-state index contributed by atoms with van der Waals surface area (Å²) in [5.74, 6) is -1.02. The van der Waals surface area contributed by atoms with Crippen molar-refractivity contribution in [3.05, 3.63) is 12.2 Å². The monoisotopic (exact) mass is 279 g/mol. The van der Waals surface area contributed by atoms with E-state index in [0.717, 1.165) is 4.90 Å². The van der Waals surface area contributed by atoms with E-state index in [4.69, 9.17) is 0 Å². The van der Waals surface area contributed by atoms with Crippen LogP contribution in [0, 0.1) is 5.92 Å². The van der Waals surface area contributed by atoms with Gasteiger partial charge in [-0.2, -0.15) is 0 Å². The summed E-state index contributed by atoms with van der Waals surface area (Å²) in [5.41, 5.74) is 0. The van der Waals surface area contributed by atoms with Crippen molar-refractivity contribution in [3.8, 4) is 0 Å². The molecular weight excluding hydrogens is 262 g/mol. The fraction of sp³-hybridized carbons (Fsp3) is 0.583. The SMILES string of the molecule is CCCC1C(=O)NC(=O)N(CCc2nncn2C)C1=O. The van der Waals surface area contributed by atoms with Crippen LogP contribution < -0.4 is 5.32 Å². The maximum absolute atomic E-state index is 12.2. The average Bonchev–Trinajstić information content (AvgIpc) is 2.80. The van der Waals surface area contributed by atoms with Gasteiger partial charge in [-0.05, 0) is 6.42 Å². The van der Waals surface area contributed by atoms with Crippen molar-refractivity contribution >= 4 is 17.8 Å². The Kier molecular flexibility index (Phi) is 4.11. The highest BCUT2D eigenvalue weighted by atomic mass is 16.2. The van der Waals surface area contributed by atoms with Gasteiger partial charge in [0.2, 0.25) is 11.8 Å². The van der Waals surface area contributed by atoms with Gasteiger partial charge in [-0.3, -0.25) is 19.8 Å². The van der Waals surface area contributed by atoms with E-state index in [1.165, 1.54) is 0 Å². The van der Waals surface area contributed by atoms with E-state index in [-0.39, 0.29) is 6.54 Å². The van der Waals surface area contributed by atoms with E-state index in [1.54, 1.807) is 17.9 Å². The van der Waals surface area contributed by atoms with E-state index in [1.807, 2.05) is 6.92 Å². The van der Waals surface area contributed by atoms with Crippen LogP contribution in [0.25, 0.3) is 0 Å². The molecule has 1 aromatic rings. The predicted octanol–water partition coefficient (Wildman–Crippen LogP) is -0.148. The molecule has 108 valence electrons. The molecule has 0 spiro atoms. The third-order valence-corrected chi connectivity index (χ3v) is 3.30. The van der Waals surface area contributed by atoms with Crippen molar-refractivity contribution < 1.29 is 14.4 Å². The third-order valence-electron chi connectivity index (χ3n) is 3.30. The minimum Gasteiger partial charge on any atom is -0.321 e. The van der Waals surface area contributed by atoms with Crippen LogP contribution in [0.1, 0.15) is 25.6 Å². The zero-order valence-electron chi connectivity index (χ0n) is 11.5. The molecule has 1 aliphatic rings. The van der Waals surface area contributed by atoms with Crippen LogP contribution in [0.15, 0.2) is 6.33 Å². The van der Waals surface area contributed by atoms with Gasteiger partial charge >= 0.3 is 6.03 Å². The summed E-state index contributed by atoms with van der Waals surface area (Å²) in [6, 6.07) is -0.658. The number of urea groups is 1. The van der Waals surface area contributed by atoms with Crippen molar-refractivity contribution in [1.82, 2.24) is 25.0 Å². The summed E-state index contributed by atoms with van der Waals surface area (Å²) in [7, 11) is 1.79. The minimum absolute atomic E-state index is 0.185. The predicted molar refractivity (Wildman–Crippen MR) is 68.4 cm³/mol. The first-order valence-corrected chi connectivity index (χ1v) is 6.53. The summed E-state index contributed by atoms with van der Waals surface area (Å²) < 4.78 is 1.72. The number of hydrogen-bond acceptors (Lipinski definition) is 5. The molecule has 1 atom stereocenters. The standard InChI is InChI=1S/C12H17N5O3/c1-3-4-8-10(18)14-12(20)17(11(8)19)6-5-9-15-13-7-16(9)2/h7-8H,3-6H2,1-2H3,(H,14,18,20). The van der Waals surface area contributed by atoms with Gasteiger partial charge in [0.1, 0.15) is 18.1 Å². The number of nitrogens with zero attached hydrogens (tertiary/aromatic N) is 4. The highest BCUT2D eigenvalue weighted by Crippen LogP contribution is 2.16. The Balaban J connectivity index is 2.05. The molecule has 2 heterocycles. The first-order valence-electron chi connectivity index (χ1n) is 6.53. The van der Waals surface area contributed by atoms with Crippen LogP contribution >= 0.6 is 0 Å². The van der Waals surface area contributed by atoms with Crippen molar-refractivity contribution in [2.45, 2.75) is 26.2 Å². The zero-order chi connectivity index (χ0) is 14.7. The maximum atomic E-state index is 12.2. The molecule has 1 N–H and O–H groups in total. The van der Waals surface area contributed by atoms with E-state index < -0.39 is 23.8 Å². The number of amides is 4. The van der Waals surface area contributed by atoms with E-state index >= 15 is 0 Å². The number of aryl methyl sites for hydroxylation is 1.